The molecular weight excluding hydrogens is 382 g/mol. The van der Waals surface area contributed by atoms with Crippen LogP contribution in [0.2, 0.25) is 0 Å². The molecule has 0 atom stereocenters. The van der Waals surface area contributed by atoms with Crippen molar-refractivity contribution in [3.05, 3.63) is 59.7 Å². The van der Waals surface area contributed by atoms with Gasteiger partial charge in [0.25, 0.3) is 0 Å². The van der Waals surface area contributed by atoms with Gasteiger partial charge in [0, 0.05) is 5.69 Å². The zero-order chi connectivity index (χ0) is 20.6. The van der Waals surface area contributed by atoms with Gasteiger partial charge in [-0.3, -0.25) is 4.79 Å². The maximum absolute atomic E-state index is 12.3. The van der Waals surface area contributed by atoms with E-state index in [-0.39, 0.29) is 11.7 Å². The molecule has 1 heterocycles. The number of nitrogens with one attached hydrogen (secondary N) is 1. The van der Waals surface area contributed by atoms with Gasteiger partial charge in [0.2, 0.25) is 11.1 Å². The summed E-state index contributed by atoms with van der Waals surface area (Å²) in [7, 11) is 0. The molecule has 2 aromatic carbocycles. The van der Waals surface area contributed by atoms with E-state index in [2.05, 4.69) is 65.9 Å². The van der Waals surface area contributed by atoms with E-state index in [1.165, 1.54) is 35.7 Å². The maximum atomic E-state index is 12.3. The Labute approximate surface area is 176 Å². The van der Waals surface area contributed by atoms with Crippen molar-refractivity contribution >= 4 is 23.4 Å². The molecule has 0 aliphatic heterocycles. The Balaban J connectivity index is 1.56. The summed E-state index contributed by atoms with van der Waals surface area (Å²) in [4.78, 5) is 12.3. The topological polar surface area (TPSA) is 72.7 Å². The number of tetrazole rings is 1. The predicted octanol–water partition coefficient (Wildman–Crippen LogP) is 4.86. The maximum Gasteiger partial charge on any atom is 0.234 e. The SMILES string of the molecule is CCCCc1ccc(NC(=O)CSc2nnnn2-c2ccc(C(C)C)cc2)cc1. The molecule has 3 rings (SSSR count). The fourth-order valence-electron chi connectivity index (χ4n) is 2.89. The Morgan fingerprint density at radius 1 is 1.10 bits per heavy atom. The van der Waals surface area contributed by atoms with Crippen molar-refractivity contribution in [2.24, 2.45) is 0 Å². The highest BCUT2D eigenvalue weighted by molar-refractivity contribution is 7.99. The quantitative estimate of drug-likeness (QED) is 0.511. The molecule has 0 fully saturated rings. The van der Waals surface area contributed by atoms with Crippen LogP contribution in [-0.2, 0) is 11.2 Å². The average Bonchev–Trinajstić information content (AvgIpc) is 3.20. The smallest absolute Gasteiger partial charge is 0.234 e. The van der Waals surface area contributed by atoms with Crippen LogP contribution < -0.4 is 5.32 Å². The number of benzene rings is 2. The van der Waals surface area contributed by atoms with Gasteiger partial charge in [-0.15, -0.1) is 5.10 Å². The standard InChI is InChI=1S/C22H27N5OS/c1-4-5-6-17-7-11-19(12-8-17)23-21(28)15-29-22-24-25-26-27(22)20-13-9-18(10-14-20)16(2)3/h7-14,16H,4-6,15H2,1-3H3,(H,23,28). The van der Waals surface area contributed by atoms with Gasteiger partial charge >= 0.3 is 0 Å². The molecule has 1 aromatic heterocycles. The minimum atomic E-state index is -0.0824. The molecular formula is C22H27N5OS. The molecule has 0 unspecified atom stereocenters. The summed E-state index contributed by atoms with van der Waals surface area (Å²) < 4.78 is 1.66. The van der Waals surface area contributed by atoms with Gasteiger partial charge in [-0.25, -0.2) is 0 Å². The first-order valence-electron chi connectivity index (χ1n) is 9.97. The van der Waals surface area contributed by atoms with Gasteiger partial charge in [0.1, 0.15) is 0 Å². The lowest BCUT2D eigenvalue weighted by molar-refractivity contribution is -0.113. The zero-order valence-electron chi connectivity index (χ0n) is 17.1. The molecule has 29 heavy (non-hydrogen) atoms. The summed E-state index contributed by atoms with van der Waals surface area (Å²) in [5.41, 5.74) is 4.24. The van der Waals surface area contributed by atoms with E-state index in [1.807, 2.05) is 24.3 Å². The van der Waals surface area contributed by atoms with Gasteiger partial charge in [0.05, 0.1) is 11.4 Å². The van der Waals surface area contributed by atoms with Crippen LogP contribution in [0.15, 0.2) is 53.7 Å². The highest BCUT2D eigenvalue weighted by atomic mass is 32.2. The number of hydrogen-bond donors (Lipinski definition) is 1. The van der Waals surface area contributed by atoms with Crippen molar-refractivity contribution in [3.8, 4) is 5.69 Å². The Morgan fingerprint density at radius 3 is 2.48 bits per heavy atom. The van der Waals surface area contributed by atoms with E-state index in [9.17, 15) is 4.79 Å². The van der Waals surface area contributed by atoms with Crippen LogP contribution in [0.25, 0.3) is 5.69 Å². The first-order chi connectivity index (χ1) is 14.1. The fraction of sp³-hybridized carbons (Fsp3) is 0.364. The van der Waals surface area contributed by atoms with Crippen LogP contribution in [0, 0.1) is 0 Å². The molecule has 0 spiro atoms. The molecule has 3 aromatic rings. The predicted molar refractivity (Wildman–Crippen MR) is 118 cm³/mol. The summed E-state index contributed by atoms with van der Waals surface area (Å²) in [6, 6.07) is 16.2. The number of anilines is 1. The second-order valence-corrected chi connectivity index (χ2v) is 8.20. The molecule has 0 radical (unpaired) electrons. The molecule has 6 nitrogen and oxygen atoms in total. The Morgan fingerprint density at radius 2 is 1.83 bits per heavy atom. The van der Waals surface area contributed by atoms with Gasteiger partial charge in [0.15, 0.2) is 0 Å². The van der Waals surface area contributed by atoms with E-state index in [4.69, 9.17) is 0 Å². The van der Waals surface area contributed by atoms with E-state index < -0.39 is 0 Å². The number of unbranched alkanes of at least 4 members (excludes halogenated alkanes) is 1. The van der Waals surface area contributed by atoms with Gasteiger partial charge in [-0.1, -0.05) is 63.2 Å². The molecule has 152 valence electrons. The summed E-state index contributed by atoms with van der Waals surface area (Å²) in [5.74, 6) is 0.624. The highest BCUT2D eigenvalue weighted by Gasteiger charge is 2.12. The van der Waals surface area contributed by atoms with Crippen molar-refractivity contribution < 1.29 is 4.79 Å². The number of amides is 1. The van der Waals surface area contributed by atoms with Crippen molar-refractivity contribution in [3.63, 3.8) is 0 Å². The van der Waals surface area contributed by atoms with Crippen LogP contribution in [-0.4, -0.2) is 31.9 Å². The van der Waals surface area contributed by atoms with Gasteiger partial charge in [-0.05, 0) is 64.6 Å². The lowest BCUT2D eigenvalue weighted by Gasteiger charge is -2.08. The lowest BCUT2D eigenvalue weighted by atomic mass is 10.0. The number of rotatable bonds is 9. The third kappa shape index (κ3) is 5.90. The van der Waals surface area contributed by atoms with E-state index in [1.54, 1.807) is 4.68 Å². The van der Waals surface area contributed by atoms with E-state index in [0.29, 0.717) is 11.1 Å². The molecule has 0 saturated carbocycles. The lowest BCUT2D eigenvalue weighted by Crippen LogP contribution is -2.14. The van der Waals surface area contributed by atoms with Crippen LogP contribution in [0.4, 0.5) is 5.69 Å². The summed E-state index contributed by atoms with van der Waals surface area (Å²) >= 11 is 1.32. The molecule has 0 bridgehead atoms. The first kappa shape index (κ1) is 21.0. The summed E-state index contributed by atoms with van der Waals surface area (Å²) in [5, 5.41) is 15.4. The molecule has 7 heteroatoms. The monoisotopic (exact) mass is 409 g/mol. The number of aryl methyl sites for hydroxylation is 1. The number of thioether (sulfide) groups is 1. The Kier molecular flexibility index (Phi) is 7.41. The van der Waals surface area contributed by atoms with Crippen LogP contribution in [0.3, 0.4) is 0 Å². The molecule has 1 N–H and O–H groups in total. The third-order valence-electron chi connectivity index (χ3n) is 4.63. The van der Waals surface area contributed by atoms with Crippen LogP contribution in [0.5, 0.6) is 0 Å². The number of nitrogens with zero attached hydrogens (tertiary/aromatic N) is 4. The van der Waals surface area contributed by atoms with Gasteiger partial charge < -0.3 is 5.32 Å². The Bertz CT molecular complexity index is 919. The van der Waals surface area contributed by atoms with Crippen molar-refractivity contribution in [1.29, 1.82) is 0 Å². The first-order valence-corrected chi connectivity index (χ1v) is 11.0. The molecule has 0 aliphatic carbocycles. The van der Waals surface area contributed by atoms with Crippen molar-refractivity contribution in [2.75, 3.05) is 11.1 Å². The van der Waals surface area contributed by atoms with Crippen molar-refractivity contribution in [2.45, 2.75) is 51.1 Å². The minimum absolute atomic E-state index is 0.0824. The van der Waals surface area contributed by atoms with E-state index in [0.717, 1.165) is 17.8 Å². The summed E-state index contributed by atoms with van der Waals surface area (Å²) in [6.07, 6.45) is 3.43. The number of carbonyl (C=O) groups excluding carboxylic acids is 1. The van der Waals surface area contributed by atoms with Crippen molar-refractivity contribution in [1.82, 2.24) is 20.2 Å². The number of hydrogen-bond acceptors (Lipinski definition) is 5. The average molecular weight is 410 g/mol. The largest absolute Gasteiger partial charge is 0.325 e. The fourth-order valence-corrected chi connectivity index (χ4v) is 3.59. The normalized spacial score (nSPS) is 11.0. The minimum Gasteiger partial charge on any atom is -0.325 e. The zero-order valence-corrected chi connectivity index (χ0v) is 17.9. The van der Waals surface area contributed by atoms with Crippen LogP contribution >= 0.6 is 11.8 Å². The number of aromatic nitrogens is 4. The molecule has 0 saturated heterocycles. The van der Waals surface area contributed by atoms with Crippen LogP contribution in [0.1, 0.15) is 50.7 Å². The molecule has 0 aliphatic rings. The third-order valence-corrected chi connectivity index (χ3v) is 5.55. The van der Waals surface area contributed by atoms with Gasteiger partial charge in [-0.2, -0.15) is 4.68 Å². The molecule has 1 amide bonds. The highest BCUT2D eigenvalue weighted by Crippen LogP contribution is 2.21. The second kappa shape index (κ2) is 10.2. The van der Waals surface area contributed by atoms with E-state index >= 15 is 0 Å². The second-order valence-electron chi connectivity index (χ2n) is 7.26. The summed E-state index contributed by atoms with van der Waals surface area (Å²) in [6.45, 7) is 6.50. The number of carbonyl (C=O) groups is 1. The Hall–Kier alpha value is -2.67.